The molecule has 1 aromatic carbocycles. The molecule has 0 spiro atoms. The summed E-state index contributed by atoms with van der Waals surface area (Å²) in [4.78, 5) is 18.3. The normalized spacial score (nSPS) is 20.2. The Morgan fingerprint density at radius 3 is 2.81 bits per heavy atom. The van der Waals surface area contributed by atoms with Crippen molar-refractivity contribution >= 4 is 41.9 Å². The minimum absolute atomic E-state index is 0.157. The second kappa shape index (κ2) is 9.62. The van der Waals surface area contributed by atoms with Crippen LogP contribution < -0.4 is 5.14 Å². The minimum atomic E-state index is -0.767. The zero-order chi connectivity index (χ0) is 22.8. The summed E-state index contributed by atoms with van der Waals surface area (Å²) in [5.41, 5.74) is 0.447. The molecule has 0 aliphatic carbocycles. The molecule has 0 radical (unpaired) electrons. The number of halogens is 3. The van der Waals surface area contributed by atoms with E-state index in [4.69, 9.17) is 26.2 Å². The van der Waals surface area contributed by atoms with E-state index < -0.39 is 23.8 Å². The standard InChI is InChI=1S/C21H21ClF2N4O3S/c1-30-21(29)27-6-7-31-13(11-27)8-17-20(19-15(23)9-14(32-25)10-16(19)24)26-18-3-2-12(22)4-5-28(17)18/h2-5,9-10,12-13H,6-8,11,25H2,1H3. The Kier molecular flexibility index (Phi) is 6.85. The molecule has 2 aliphatic heterocycles. The fraction of sp³-hybridized carbons (Fsp3) is 0.333. The summed E-state index contributed by atoms with van der Waals surface area (Å²) in [6.45, 7) is 0.997. The highest BCUT2D eigenvalue weighted by Gasteiger charge is 2.30. The number of nitrogens with zero attached hydrogens (tertiary/aromatic N) is 3. The summed E-state index contributed by atoms with van der Waals surface area (Å²) >= 11 is 6.95. The molecule has 4 rings (SSSR count). The van der Waals surface area contributed by atoms with Crippen molar-refractivity contribution in [1.82, 2.24) is 14.5 Å². The van der Waals surface area contributed by atoms with Crippen LogP contribution in [0.4, 0.5) is 13.6 Å². The van der Waals surface area contributed by atoms with E-state index >= 15 is 0 Å². The highest BCUT2D eigenvalue weighted by Crippen LogP contribution is 2.34. The largest absolute Gasteiger partial charge is 0.453 e. The van der Waals surface area contributed by atoms with Gasteiger partial charge in [-0.15, -0.1) is 11.6 Å². The van der Waals surface area contributed by atoms with Gasteiger partial charge in [-0.25, -0.2) is 18.6 Å². The minimum Gasteiger partial charge on any atom is -0.453 e. The van der Waals surface area contributed by atoms with Crippen LogP contribution in [0, 0.1) is 11.6 Å². The van der Waals surface area contributed by atoms with Gasteiger partial charge in [-0.05, 0) is 36.2 Å². The molecule has 2 aliphatic rings. The first-order valence-electron chi connectivity index (χ1n) is 9.83. The second-order valence-corrected chi connectivity index (χ2v) is 8.48. The van der Waals surface area contributed by atoms with Gasteiger partial charge in [0.1, 0.15) is 17.5 Å². The Hall–Kier alpha value is -2.40. The molecule has 7 nitrogen and oxygen atoms in total. The van der Waals surface area contributed by atoms with Crippen LogP contribution in [0.15, 0.2) is 29.2 Å². The van der Waals surface area contributed by atoms with Crippen molar-refractivity contribution in [3.8, 4) is 11.3 Å². The van der Waals surface area contributed by atoms with Gasteiger partial charge in [-0.1, -0.05) is 6.08 Å². The first-order chi connectivity index (χ1) is 15.4. The summed E-state index contributed by atoms with van der Waals surface area (Å²) in [7, 11) is 1.32. The molecule has 1 fully saturated rings. The smallest absolute Gasteiger partial charge is 0.409 e. The van der Waals surface area contributed by atoms with E-state index in [9.17, 15) is 13.6 Å². The van der Waals surface area contributed by atoms with Crippen molar-refractivity contribution < 1.29 is 23.0 Å². The van der Waals surface area contributed by atoms with Crippen LogP contribution in [-0.4, -0.2) is 58.8 Å². The number of hydrogen-bond donors (Lipinski definition) is 1. The lowest BCUT2D eigenvalue weighted by Gasteiger charge is -2.32. The van der Waals surface area contributed by atoms with E-state index in [1.165, 1.54) is 24.1 Å². The van der Waals surface area contributed by atoms with E-state index in [1.807, 2.05) is 0 Å². The molecule has 170 valence electrons. The van der Waals surface area contributed by atoms with Crippen LogP contribution in [0.5, 0.6) is 0 Å². The number of ether oxygens (including phenoxy) is 2. The van der Waals surface area contributed by atoms with E-state index in [0.717, 1.165) is 11.9 Å². The number of aromatic nitrogens is 2. The molecule has 1 aromatic heterocycles. The molecule has 32 heavy (non-hydrogen) atoms. The lowest BCUT2D eigenvalue weighted by molar-refractivity contribution is -0.0241. The number of nitrogens with two attached hydrogens (primary N) is 1. The predicted molar refractivity (Wildman–Crippen MR) is 119 cm³/mol. The van der Waals surface area contributed by atoms with Crippen LogP contribution in [0.2, 0.25) is 0 Å². The monoisotopic (exact) mass is 482 g/mol. The third kappa shape index (κ3) is 4.54. The SMILES string of the molecule is COC(=O)N1CCOC(Cc2c(-c3c(F)cc(SN)cc3F)nc3n2C=CC(Cl)C=C3)C1. The molecule has 0 bridgehead atoms. The van der Waals surface area contributed by atoms with Crippen LogP contribution in [0.1, 0.15) is 11.5 Å². The number of carbonyl (C=O) groups excluding carboxylic acids is 1. The zero-order valence-electron chi connectivity index (χ0n) is 17.1. The fourth-order valence-corrected chi connectivity index (χ4v) is 4.25. The lowest BCUT2D eigenvalue weighted by atomic mass is 10.0. The number of fused-ring (bicyclic) bond motifs is 1. The molecular formula is C21H21ClF2N4O3S. The number of imidazole rings is 1. The summed E-state index contributed by atoms with van der Waals surface area (Å²) in [5.74, 6) is -1.06. The van der Waals surface area contributed by atoms with E-state index in [0.29, 0.717) is 24.7 Å². The van der Waals surface area contributed by atoms with Crippen LogP contribution in [-0.2, 0) is 15.9 Å². The van der Waals surface area contributed by atoms with Gasteiger partial charge in [-0.3, -0.25) is 5.14 Å². The lowest BCUT2D eigenvalue weighted by Crippen LogP contribution is -2.46. The summed E-state index contributed by atoms with van der Waals surface area (Å²) in [6, 6.07) is 2.35. The Morgan fingerprint density at radius 1 is 1.38 bits per heavy atom. The van der Waals surface area contributed by atoms with Gasteiger partial charge in [0.2, 0.25) is 0 Å². The van der Waals surface area contributed by atoms with Crippen molar-refractivity contribution in [3.63, 3.8) is 0 Å². The topological polar surface area (TPSA) is 82.6 Å². The first-order valence-corrected chi connectivity index (χ1v) is 11.1. The first kappa shape index (κ1) is 22.8. The number of amides is 1. The summed E-state index contributed by atoms with van der Waals surface area (Å²) in [5, 5.41) is 5.12. The van der Waals surface area contributed by atoms with Gasteiger partial charge in [0.15, 0.2) is 0 Å². The van der Waals surface area contributed by atoms with Crippen LogP contribution >= 0.6 is 23.5 Å². The third-order valence-electron chi connectivity index (χ3n) is 5.27. The number of rotatable bonds is 4. The number of methoxy groups -OCH3 is 1. The molecule has 1 amide bonds. The Balaban J connectivity index is 1.78. The van der Waals surface area contributed by atoms with Crippen molar-refractivity contribution in [1.29, 1.82) is 0 Å². The highest BCUT2D eigenvalue weighted by molar-refractivity contribution is 7.97. The number of alkyl halides is 1. The van der Waals surface area contributed by atoms with Crippen molar-refractivity contribution in [2.75, 3.05) is 26.8 Å². The second-order valence-electron chi connectivity index (χ2n) is 7.27. The van der Waals surface area contributed by atoms with Gasteiger partial charge in [0, 0.05) is 24.1 Å². The maximum atomic E-state index is 14.9. The van der Waals surface area contributed by atoms with Gasteiger partial charge in [-0.2, -0.15) is 0 Å². The summed E-state index contributed by atoms with van der Waals surface area (Å²) < 4.78 is 42.3. The van der Waals surface area contributed by atoms with E-state index in [1.54, 1.807) is 29.0 Å². The predicted octanol–water partition coefficient (Wildman–Crippen LogP) is 3.91. The zero-order valence-corrected chi connectivity index (χ0v) is 18.7. The Morgan fingerprint density at radius 2 is 2.12 bits per heavy atom. The number of carbonyl (C=O) groups is 1. The van der Waals surface area contributed by atoms with Crippen molar-refractivity contribution in [2.45, 2.75) is 22.8 Å². The number of benzene rings is 1. The number of allylic oxidation sites excluding steroid dienone is 2. The maximum Gasteiger partial charge on any atom is 0.409 e. The van der Waals surface area contributed by atoms with E-state index in [-0.39, 0.29) is 34.5 Å². The average Bonchev–Trinajstić information content (AvgIpc) is 3.00. The number of morpholine rings is 1. The van der Waals surface area contributed by atoms with Crippen LogP contribution in [0.3, 0.4) is 0 Å². The van der Waals surface area contributed by atoms with Crippen molar-refractivity contribution in [2.24, 2.45) is 5.14 Å². The third-order valence-corrected chi connectivity index (χ3v) is 6.07. The molecule has 2 atom stereocenters. The summed E-state index contributed by atoms with van der Waals surface area (Å²) in [6.07, 6.45) is 6.28. The van der Waals surface area contributed by atoms with Gasteiger partial charge < -0.3 is 18.9 Å². The highest BCUT2D eigenvalue weighted by atomic mass is 35.5. The fourth-order valence-electron chi connectivity index (χ4n) is 3.77. The average molecular weight is 483 g/mol. The molecule has 2 N–H and O–H groups in total. The Labute approximate surface area is 192 Å². The van der Waals surface area contributed by atoms with E-state index in [2.05, 4.69) is 4.98 Å². The molecule has 1 saturated heterocycles. The molecule has 11 heteroatoms. The maximum absolute atomic E-state index is 14.9. The molecular weight excluding hydrogens is 462 g/mol. The van der Waals surface area contributed by atoms with Crippen molar-refractivity contribution in [3.05, 3.63) is 47.4 Å². The van der Waals surface area contributed by atoms with Gasteiger partial charge >= 0.3 is 6.09 Å². The Bertz CT molecular complexity index is 1070. The van der Waals surface area contributed by atoms with Crippen LogP contribution in [0.25, 0.3) is 23.5 Å². The molecule has 0 saturated carbocycles. The quantitative estimate of drug-likeness (QED) is 0.525. The van der Waals surface area contributed by atoms with Gasteiger partial charge in [0.05, 0.1) is 48.7 Å². The van der Waals surface area contributed by atoms with Gasteiger partial charge in [0.25, 0.3) is 0 Å². The number of hydrogen-bond acceptors (Lipinski definition) is 6. The molecule has 3 heterocycles. The molecule has 2 unspecified atom stereocenters. The molecule has 2 aromatic rings.